The lowest BCUT2D eigenvalue weighted by Gasteiger charge is -2.23. The number of methoxy groups -OCH3 is 1. The smallest absolute Gasteiger partial charge is 0.0886 e. The van der Waals surface area contributed by atoms with Crippen LogP contribution in [0.3, 0.4) is 0 Å². The van der Waals surface area contributed by atoms with Gasteiger partial charge < -0.3 is 4.74 Å². The summed E-state index contributed by atoms with van der Waals surface area (Å²) in [5.74, 6) is 0.351. The van der Waals surface area contributed by atoms with E-state index in [4.69, 9.17) is 4.74 Å². The van der Waals surface area contributed by atoms with Crippen molar-refractivity contribution in [2.75, 3.05) is 7.11 Å². The minimum atomic E-state index is 0.110. The van der Waals surface area contributed by atoms with Crippen molar-refractivity contribution in [3.8, 4) is 0 Å². The maximum Gasteiger partial charge on any atom is 0.0886 e. The highest BCUT2D eigenvalue weighted by Crippen LogP contribution is 2.32. The molecule has 1 heteroatoms. The van der Waals surface area contributed by atoms with Crippen molar-refractivity contribution in [1.82, 2.24) is 0 Å². The van der Waals surface area contributed by atoms with E-state index in [-0.39, 0.29) is 6.10 Å². The van der Waals surface area contributed by atoms with Gasteiger partial charge in [0.05, 0.1) is 6.10 Å². The van der Waals surface area contributed by atoms with Gasteiger partial charge in [-0.05, 0) is 11.1 Å². The molecule has 2 rings (SSSR count). The van der Waals surface area contributed by atoms with E-state index in [1.54, 1.807) is 7.11 Å². The Morgan fingerprint density at radius 2 is 1.24 bits per heavy atom. The maximum absolute atomic E-state index is 5.65. The molecule has 0 unspecified atom stereocenters. The average Bonchev–Trinajstić information content (AvgIpc) is 2.42. The largest absolute Gasteiger partial charge is 0.376 e. The Morgan fingerprint density at radius 3 is 1.71 bits per heavy atom. The van der Waals surface area contributed by atoms with Crippen molar-refractivity contribution in [3.63, 3.8) is 0 Å². The van der Waals surface area contributed by atoms with Crippen LogP contribution in [0.4, 0.5) is 0 Å². The summed E-state index contributed by atoms with van der Waals surface area (Å²) in [6, 6.07) is 20.9. The predicted octanol–water partition coefficient (Wildman–Crippen LogP) is 4.18. The highest BCUT2D eigenvalue weighted by atomic mass is 16.5. The van der Waals surface area contributed by atoms with E-state index in [1.807, 2.05) is 12.1 Å². The first kappa shape index (κ1) is 11.9. The van der Waals surface area contributed by atoms with Crippen molar-refractivity contribution in [3.05, 3.63) is 71.8 Å². The summed E-state index contributed by atoms with van der Waals surface area (Å²) < 4.78 is 5.65. The van der Waals surface area contributed by atoms with Crippen LogP contribution in [0.15, 0.2) is 60.7 Å². The normalized spacial score (nSPS) is 14.2. The van der Waals surface area contributed by atoms with E-state index in [0.29, 0.717) is 5.92 Å². The van der Waals surface area contributed by atoms with E-state index >= 15 is 0 Å². The molecule has 0 aliphatic heterocycles. The van der Waals surface area contributed by atoms with Crippen molar-refractivity contribution >= 4 is 0 Å². The summed E-state index contributed by atoms with van der Waals surface area (Å²) in [6.07, 6.45) is 0.110. The summed E-state index contributed by atoms with van der Waals surface area (Å²) in [5.41, 5.74) is 2.54. The molecule has 17 heavy (non-hydrogen) atoms. The van der Waals surface area contributed by atoms with Crippen LogP contribution >= 0.6 is 0 Å². The fourth-order valence-electron chi connectivity index (χ4n) is 2.20. The monoisotopic (exact) mass is 226 g/mol. The average molecular weight is 226 g/mol. The molecule has 0 heterocycles. The molecule has 88 valence electrons. The summed E-state index contributed by atoms with van der Waals surface area (Å²) in [6.45, 7) is 2.20. The third-order valence-electron chi connectivity index (χ3n) is 3.16. The molecule has 0 saturated heterocycles. The maximum atomic E-state index is 5.65. The Morgan fingerprint density at radius 1 is 0.765 bits per heavy atom. The van der Waals surface area contributed by atoms with Crippen molar-refractivity contribution in [2.24, 2.45) is 0 Å². The number of hydrogen-bond acceptors (Lipinski definition) is 1. The van der Waals surface area contributed by atoms with Crippen LogP contribution in [0.25, 0.3) is 0 Å². The molecule has 0 bridgehead atoms. The van der Waals surface area contributed by atoms with E-state index in [2.05, 4.69) is 55.5 Å². The molecule has 1 nitrogen and oxygen atoms in total. The quantitative estimate of drug-likeness (QED) is 0.760. The fraction of sp³-hybridized carbons (Fsp3) is 0.250. The van der Waals surface area contributed by atoms with E-state index < -0.39 is 0 Å². The molecule has 2 aromatic carbocycles. The van der Waals surface area contributed by atoms with Gasteiger partial charge in [0.2, 0.25) is 0 Å². The number of ether oxygens (including phenoxy) is 1. The van der Waals surface area contributed by atoms with Crippen molar-refractivity contribution < 1.29 is 4.74 Å². The lowest BCUT2D eigenvalue weighted by molar-refractivity contribution is 0.0836. The van der Waals surface area contributed by atoms with Crippen molar-refractivity contribution in [1.29, 1.82) is 0 Å². The predicted molar refractivity (Wildman–Crippen MR) is 71.0 cm³/mol. The molecule has 0 fully saturated rings. The molecule has 0 radical (unpaired) electrons. The van der Waals surface area contributed by atoms with Gasteiger partial charge in [-0.15, -0.1) is 0 Å². The SMILES string of the molecule is CO[C@@H](c1ccccc1)[C@@H](C)c1ccccc1. The van der Waals surface area contributed by atoms with Crippen molar-refractivity contribution in [2.45, 2.75) is 18.9 Å². The molecule has 0 saturated carbocycles. The van der Waals surface area contributed by atoms with Crippen LogP contribution in [0.2, 0.25) is 0 Å². The van der Waals surface area contributed by atoms with Gasteiger partial charge in [0, 0.05) is 13.0 Å². The Hall–Kier alpha value is -1.60. The van der Waals surface area contributed by atoms with E-state index in [1.165, 1.54) is 11.1 Å². The number of benzene rings is 2. The Kier molecular flexibility index (Phi) is 3.94. The first-order valence-electron chi connectivity index (χ1n) is 5.95. The van der Waals surface area contributed by atoms with Crippen LogP contribution < -0.4 is 0 Å². The van der Waals surface area contributed by atoms with Crippen LogP contribution in [0.1, 0.15) is 30.1 Å². The summed E-state index contributed by atoms with van der Waals surface area (Å²) >= 11 is 0. The van der Waals surface area contributed by atoms with Gasteiger partial charge in [0.1, 0.15) is 0 Å². The van der Waals surface area contributed by atoms with Crippen LogP contribution in [0, 0.1) is 0 Å². The van der Waals surface area contributed by atoms with Gasteiger partial charge in [0.15, 0.2) is 0 Å². The second-order valence-corrected chi connectivity index (χ2v) is 4.27. The molecule has 0 aliphatic rings. The highest BCUT2D eigenvalue weighted by molar-refractivity contribution is 5.26. The molecular formula is C16H18O. The van der Waals surface area contributed by atoms with Gasteiger partial charge in [-0.1, -0.05) is 67.6 Å². The summed E-state index contributed by atoms with van der Waals surface area (Å²) in [5, 5.41) is 0. The second kappa shape index (κ2) is 5.65. The van der Waals surface area contributed by atoms with Gasteiger partial charge in [0.25, 0.3) is 0 Å². The third-order valence-corrected chi connectivity index (χ3v) is 3.16. The molecule has 0 N–H and O–H groups in total. The molecule has 2 atom stereocenters. The number of rotatable bonds is 4. The molecule has 0 amide bonds. The lowest BCUT2D eigenvalue weighted by Crippen LogP contribution is -2.10. The van der Waals surface area contributed by atoms with Gasteiger partial charge in [-0.2, -0.15) is 0 Å². The standard InChI is InChI=1S/C16H18O/c1-13(14-9-5-3-6-10-14)16(17-2)15-11-7-4-8-12-15/h3-13,16H,1-2H3/t13-,16+/m0/s1. The molecule has 0 spiro atoms. The van der Waals surface area contributed by atoms with Crippen LogP contribution in [-0.4, -0.2) is 7.11 Å². The Balaban J connectivity index is 2.25. The summed E-state index contributed by atoms with van der Waals surface area (Å²) in [4.78, 5) is 0. The van der Waals surface area contributed by atoms with Crippen LogP contribution in [0.5, 0.6) is 0 Å². The van der Waals surface area contributed by atoms with Gasteiger partial charge in [-0.3, -0.25) is 0 Å². The fourth-order valence-corrected chi connectivity index (χ4v) is 2.20. The van der Waals surface area contributed by atoms with Gasteiger partial charge >= 0.3 is 0 Å². The second-order valence-electron chi connectivity index (χ2n) is 4.27. The minimum Gasteiger partial charge on any atom is -0.376 e. The first-order valence-corrected chi connectivity index (χ1v) is 5.95. The van der Waals surface area contributed by atoms with E-state index in [9.17, 15) is 0 Å². The lowest BCUT2D eigenvalue weighted by atomic mass is 9.91. The zero-order valence-corrected chi connectivity index (χ0v) is 10.3. The zero-order valence-electron chi connectivity index (χ0n) is 10.3. The minimum absolute atomic E-state index is 0.110. The first-order chi connectivity index (χ1) is 8.33. The highest BCUT2D eigenvalue weighted by Gasteiger charge is 2.19. The number of hydrogen-bond donors (Lipinski definition) is 0. The summed E-state index contributed by atoms with van der Waals surface area (Å²) in [7, 11) is 1.77. The Labute approximate surface area is 103 Å². The molecular weight excluding hydrogens is 208 g/mol. The van der Waals surface area contributed by atoms with Crippen LogP contribution in [-0.2, 0) is 4.74 Å². The zero-order chi connectivity index (χ0) is 12.1. The van der Waals surface area contributed by atoms with E-state index in [0.717, 1.165) is 0 Å². The Bertz CT molecular complexity index is 436. The molecule has 0 aliphatic carbocycles. The van der Waals surface area contributed by atoms with Gasteiger partial charge in [-0.25, -0.2) is 0 Å². The topological polar surface area (TPSA) is 9.23 Å². The third kappa shape index (κ3) is 2.75. The molecule has 2 aromatic rings. The molecule has 0 aromatic heterocycles.